The molecule has 0 aromatic carbocycles. The molecular formula is C8H12N2O3. The highest BCUT2D eigenvalue weighted by Crippen LogP contribution is 2.15. The van der Waals surface area contributed by atoms with Crippen LogP contribution in [0, 0.1) is 0 Å². The molecule has 72 valence electrons. The highest BCUT2D eigenvalue weighted by atomic mass is 16.6. The summed E-state index contributed by atoms with van der Waals surface area (Å²) in [6, 6.07) is 0. The number of amides is 2. The number of imide groups is 1. The molecule has 0 atom stereocenters. The average molecular weight is 184 g/mol. The van der Waals surface area contributed by atoms with Crippen molar-refractivity contribution in [1.29, 1.82) is 0 Å². The number of carbonyl (C=O) groups excluding carboxylic acids is 2. The summed E-state index contributed by atoms with van der Waals surface area (Å²) in [5.74, 6) is -0.244. The molecule has 0 bridgehead atoms. The van der Waals surface area contributed by atoms with E-state index >= 15 is 0 Å². The lowest BCUT2D eigenvalue weighted by molar-refractivity contribution is -0.138. The molecule has 2 aliphatic heterocycles. The Bertz CT molecular complexity index is 220. The summed E-state index contributed by atoms with van der Waals surface area (Å²) in [6.45, 7) is 1.46. The molecule has 13 heavy (non-hydrogen) atoms. The quantitative estimate of drug-likeness (QED) is 0.590. The Morgan fingerprint density at radius 2 is 1.77 bits per heavy atom. The first-order valence-corrected chi connectivity index (χ1v) is 4.53. The molecule has 2 fully saturated rings. The van der Waals surface area contributed by atoms with Crippen LogP contribution in [0.3, 0.4) is 0 Å². The van der Waals surface area contributed by atoms with Crippen molar-refractivity contribution in [3.05, 3.63) is 0 Å². The van der Waals surface area contributed by atoms with Crippen molar-refractivity contribution >= 4 is 12.0 Å². The highest BCUT2D eigenvalue weighted by Gasteiger charge is 2.36. The van der Waals surface area contributed by atoms with E-state index in [1.54, 1.807) is 5.01 Å². The third kappa shape index (κ3) is 1.51. The van der Waals surface area contributed by atoms with Gasteiger partial charge in [-0.05, 0) is 12.8 Å². The van der Waals surface area contributed by atoms with Crippen LogP contribution in [0.15, 0.2) is 0 Å². The fourth-order valence-corrected chi connectivity index (χ4v) is 1.70. The monoisotopic (exact) mass is 184 g/mol. The Morgan fingerprint density at radius 1 is 1.08 bits per heavy atom. The number of cyclic esters (lactones) is 1. The average Bonchev–Trinajstić information content (AvgIpc) is 2.48. The highest BCUT2D eigenvalue weighted by molar-refractivity contribution is 5.97. The normalized spacial score (nSPS) is 25.1. The van der Waals surface area contributed by atoms with E-state index in [4.69, 9.17) is 0 Å². The molecule has 2 heterocycles. The Labute approximate surface area is 76.2 Å². The van der Waals surface area contributed by atoms with Crippen molar-refractivity contribution in [2.45, 2.75) is 19.3 Å². The Kier molecular flexibility index (Phi) is 2.18. The van der Waals surface area contributed by atoms with E-state index in [2.05, 4.69) is 4.74 Å². The van der Waals surface area contributed by atoms with E-state index in [1.807, 2.05) is 0 Å². The van der Waals surface area contributed by atoms with E-state index in [0.29, 0.717) is 0 Å². The molecule has 2 rings (SSSR count). The van der Waals surface area contributed by atoms with Crippen molar-refractivity contribution in [2.75, 3.05) is 19.7 Å². The molecule has 2 amide bonds. The minimum absolute atomic E-state index is 0.102. The SMILES string of the molecule is O=C1COC(=O)N1N1CCCCC1. The molecule has 0 aromatic rings. The minimum atomic E-state index is -0.521. The van der Waals surface area contributed by atoms with E-state index < -0.39 is 6.09 Å². The Hall–Kier alpha value is -1.10. The van der Waals surface area contributed by atoms with Gasteiger partial charge in [-0.25, -0.2) is 9.80 Å². The molecule has 0 N–H and O–H groups in total. The topological polar surface area (TPSA) is 49.9 Å². The van der Waals surface area contributed by atoms with Gasteiger partial charge in [0.05, 0.1) is 0 Å². The van der Waals surface area contributed by atoms with Crippen molar-refractivity contribution < 1.29 is 14.3 Å². The minimum Gasteiger partial charge on any atom is -0.438 e. The van der Waals surface area contributed by atoms with Gasteiger partial charge in [0.15, 0.2) is 6.61 Å². The number of carbonyl (C=O) groups is 2. The standard InChI is InChI=1S/C8H12N2O3/c11-7-6-13-8(12)10(7)9-4-2-1-3-5-9/h1-6H2. The summed E-state index contributed by atoms with van der Waals surface area (Å²) in [6.07, 6.45) is 2.73. The van der Waals surface area contributed by atoms with Crippen molar-refractivity contribution in [3.8, 4) is 0 Å². The zero-order valence-electron chi connectivity index (χ0n) is 7.36. The second kappa shape index (κ2) is 3.33. The number of hydrogen-bond acceptors (Lipinski definition) is 4. The smallest absolute Gasteiger partial charge is 0.432 e. The van der Waals surface area contributed by atoms with Crippen LogP contribution in [0.4, 0.5) is 4.79 Å². The lowest BCUT2D eigenvalue weighted by Crippen LogP contribution is -2.48. The number of nitrogens with zero attached hydrogens (tertiary/aromatic N) is 2. The molecule has 2 aliphatic rings. The molecule has 0 aromatic heterocycles. The second-order valence-corrected chi connectivity index (χ2v) is 3.27. The van der Waals surface area contributed by atoms with Gasteiger partial charge in [0.1, 0.15) is 0 Å². The van der Waals surface area contributed by atoms with Crippen LogP contribution in [-0.2, 0) is 9.53 Å². The zero-order chi connectivity index (χ0) is 9.26. The van der Waals surface area contributed by atoms with Crippen LogP contribution in [0.25, 0.3) is 0 Å². The van der Waals surface area contributed by atoms with E-state index in [9.17, 15) is 9.59 Å². The first kappa shape index (κ1) is 8.50. The maximum absolute atomic E-state index is 11.2. The van der Waals surface area contributed by atoms with Crippen molar-refractivity contribution in [2.24, 2.45) is 0 Å². The molecule has 0 saturated carbocycles. The lowest BCUT2D eigenvalue weighted by Gasteiger charge is -2.30. The summed E-state index contributed by atoms with van der Waals surface area (Å²) in [5, 5.41) is 2.92. The molecular weight excluding hydrogens is 172 g/mol. The first-order chi connectivity index (χ1) is 6.29. The fourth-order valence-electron chi connectivity index (χ4n) is 1.70. The Morgan fingerprint density at radius 3 is 2.31 bits per heavy atom. The predicted octanol–water partition coefficient (Wildman–Crippen LogP) is 0.366. The second-order valence-electron chi connectivity index (χ2n) is 3.27. The van der Waals surface area contributed by atoms with E-state index in [-0.39, 0.29) is 12.5 Å². The van der Waals surface area contributed by atoms with Crippen LogP contribution < -0.4 is 0 Å². The van der Waals surface area contributed by atoms with Gasteiger partial charge in [-0.1, -0.05) is 6.42 Å². The van der Waals surface area contributed by atoms with Crippen molar-refractivity contribution in [3.63, 3.8) is 0 Å². The Balaban J connectivity index is 2.05. The number of ether oxygens (including phenoxy) is 1. The third-order valence-electron chi connectivity index (χ3n) is 2.34. The van der Waals surface area contributed by atoms with Crippen LogP contribution >= 0.6 is 0 Å². The molecule has 5 heteroatoms. The third-order valence-corrected chi connectivity index (χ3v) is 2.34. The molecule has 5 nitrogen and oxygen atoms in total. The van der Waals surface area contributed by atoms with Gasteiger partial charge in [-0.15, -0.1) is 0 Å². The molecule has 0 unspecified atom stereocenters. The number of piperidine rings is 1. The van der Waals surface area contributed by atoms with Crippen LogP contribution in [-0.4, -0.2) is 41.7 Å². The van der Waals surface area contributed by atoms with Gasteiger partial charge in [-0.2, -0.15) is 5.01 Å². The largest absolute Gasteiger partial charge is 0.438 e. The fraction of sp³-hybridized carbons (Fsp3) is 0.750. The molecule has 0 radical (unpaired) electrons. The van der Waals surface area contributed by atoms with Gasteiger partial charge >= 0.3 is 6.09 Å². The molecule has 2 saturated heterocycles. The number of rotatable bonds is 1. The van der Waals surface area contributed by atoms with Crippen molar-refractivity contribution in [1.82, 2.24) is 10.0 Å². The maximum atomic E-state index is 11.2. The van der Waals surface area contributed by atoms with Gasteiger partial charge in [0, 0.05) is 13.1 Å². The zero-order valence-corrected chi connectivity index (χ0v) is 7.36. The number of hydrogen-bond donors (Lipinski definition) is 0. The maximum Gasteiger partial charge on any atom is 0.432 e. The van der Waals surface area contributed by atoms with Crippen LogP contribution in [0.1, 0.15) is 19.3 Å². The van der Waals surface area contributed by atoms with E-state index in [0.717, 1.165) is 30.9 Å². The van der Waals surface area contributed by atoms with Gasteiger partial charge < -0.3 is 4.74 Å². The van der Waals surface area contributed by atoms with Crippen LogP contribution in [0.2, 0.25) is 0 Å². The predicted molar refractivity (Wildman–Crippen MR) is 43.6 cm³/mol. The summed E-state index contributed by atoms with van der Waals surface area (Å²) in [7, 11) is 0. The van der Waals surface area contributed by atoms with Gasteiger partial charge in [-0.3, -0.25) is 4.79 Å². The summed E-state index contributed by atoms with van der Waals surface area (Å²) in [4.78, 5) is 22.3. The lowest BCUT2D eigenvalue weighted by atomic mass is 10.2. The molecule has 0 aliphatic carbocycles. The molecule has 0 spiro atoms. The summed E-state index contributed by atoms with van der Waals surface area (Å²) < 4.78 is 4.63. The first-order valence-electron chi connectivity index (χ1n) is 4.53. The van der Waals surface area contributed by atoms with E-state index in [1.165, 1.54) is 6.42 Å². The van der Waals surface area contributed by atoms with Crippen LogP contribution in [0.5, 0.6) is 0 Å². The van der Waals surface area contributed by atoms with Gasteiger partial charge in [0.25, 0.3) is 5.91 Å². The summed E-state index contributed by atoms with van der Waals surface area (Å²) in [5.41, 5.74) is 0. The summed E-state index contributed by atoms with van der Waals surface area (Å²) >= 11 is 0. The number of hydrazine groups is 1. The van der Waals surface area contributed by atoms with Gasteiger partial charge in [0.2, 0.25) is 0 Å².